The fourth-order valence-corrected chi connectivity index (χ4v) is 1.39. The molecule has 0 bridgehead atoms. The summed E-state index contributed by atoms with van der Waals surface area (Å²) in [6, 6.07) is 5.81. The van der Waals surface area contributed by atoms with Crippen LogP contribution in [0.5, 0.6) is 5.75 Å². The van der Waals surface area contributed by atoms with E-state index in [1.165, 1.54) is 0 Å². The number of ether oxygens (including phenoxy) is 1. The highest BCUT2D eigenvalue weighted by atomic mass is 16.6. The van der Waals surface area contributed by atoms with Crippen LogP contribution in [0.2, 0.25) is 0 Å². The average Bonchev–Trinajstić information content (AvgIpc) is 2.28. The van der Waals surface area contributed by atoms with Crippen LogP contribution >= 0.6 is 0 Å². The van der Waals surface area contributed by atoms with Crippen LogP contribution in [0, 0.1) is 6.92 Å². The van der Waals surface area contributed by atoms with Crippen molar-refractivity contribution in [2.45, 2.75) is 13.8 Å². The molecule has 0 aliphatic carbocycles. The van der Waals surface area contributed by atoms with Crippen molar-refractivity contribution in [1.29, 1.82) is 0 Å². The lowest BCUT2D eigenvalue weighted by Crippen LogP contribution is -1.96. The molecule has 0 radical (unpaired) electrons. The lowest BCUT2D eigenvalue weighted by molar-refractivity contribution is 0.0978. The van der Waals surface area contributed by atoms with Gasteiger partial charge in [0.25, 0.3) is 0 Å². The summed E-state index contributed by atoms with van der Waals surface area (Å²) in [5.41, 5.74) is 3.13. The summed E-state index contributed by atoms with van der Waals surface area (Å²) in [4.78, 5) is 0. The van der Waals surface area contributed by atoms with E-state index in [4.69, 9.17) is 9.84 Å². The van der Waals surface area contributed by atoms with Gasteiger partial charge in [-0.15, -0.1) is 0 Å². The van der Waals surface area contributed by atoms with E-state index in [-0.39, 0.29) is 6.79 Å². The molecule has 0 fully saturated rings. The van der Waals surface area contributed by atoms with Gasteiger partial charge in [0, 0.05) is 0 Å². The number of benzene rings is 1. The van der Waals surface area contributed by atoms with Crippen LogP contribution in [0.4, 0.5) is 0 Å². The largest absolute Gasteiger partial charge is 0.467 e. The number of aliphatic hydroxyl groups excluding tert-OH is 1. The van der Waals surface area contributed by atoms with Gasteiger partial charge in [0.1, 0.15) is 5.75 Å². The molecule has 0 aromatic heterocycles. The normalized spacial score (nSPS) is 11.2. The SMILES string of the molecule is C=C(C)/C=C/C=C/c1ccc(OCO)c(C)c1. The van der Waals surface area contributed by atoms with Gasteiger partial charge in [-0.05, 0) is 37.1 Å². The van der Waals surface area contributed by atoms with Crippen molar-refractivity contribution < 1.29 is 9.84 Å². The van der Waals surface area contributed by atoms with E-state index in [1.54, 1.807) is 0 Å². The molecule has 0 saturated carbocycles. The Labute approximate surface area is 103 Å². The molecule has 0 spiro atoms. The Kier molecular flexibility index (Phi) is 5.24. The first-order chi connectivity index (χ1) is 8.13. The lowest BCUT2D eigenvalue weighted by Gasteiger charge is -2.06. The van der Waals surface area contributed by atoms with Crippen LogP contribution in [0.1, 0.15) is 18.1 Å². The highest BCUT2D eigenvalue weighted by Crippen LogP contribution is 2.19. The minimum Gasteiger partial charge on any atom is -0.467 e. The number of aryl methyl sites for hydroxylation is 1. The zero-order valence-corrected chi connectivity index (χ0v) is 10.3. The van der Waals surface area contributed by atoms with Crippen molar-refractivity contribution in [2.75, 3.05) is 6.79 Å². The summed E-state index contributed by atoms with van der Waals surface area (Å²) in [6.45, 7) is 7.40. The third-order valence-electron chi connectivity index (χ3n) is 2.20. The molecule has 1 rings (SSSR count). The van der Waals surface area contributed by atoms with E-state index < -0.39 is 0 Å². The fourth-order valence-electron chi connectivity index (χ4n) is 1.39. The molecule has 0 unspecified atom stereocenters. The molecule has 0 heterocycles. The molecule has 0 saturated heterocycles. The van der Waals surface area contributed by atoms with Crippen molar-refractivity contribution in [2.24, 2.45) is 0 Å². The standard InChI is InChI=1S/C15H18O2/c1-12(2)6-4-5-7-14-8-9-15(17-11-16)13(3)10-14/h4-10,16H,1,11H2,2-3H3/b6-4+,7-5+. The molecule has 0 amide bonds. The number of rotatable bonds is 5. The minimum absolute atomic E-state index is 0.294. The topological polar surface area (TPSA) is 29.5 Å². The predicted molar refractivity (Wildman–Crippen MR) is 71.9 cm³/mol. The smallest absolute Gasteiger partial charge is 0.186 e. The summed E-state index contributed by atoms with van der Waals surface area (Å²) in [5.74, 6) is 0.710. The molecular weight excluding hydrogens is 212 g/mol. The van der Waals surface area contributed by atoms with Crippen LogP contribution < -0.4 is 4.74 Å². The number of hydrogen-bond acceptors (Lipinski definition) is 2. The Hall–Kier alpha value is -1.80. The quantitative estimate of drug-likeness (QED) is 0.620. The zero-order chi connectivity index (χ0) is 12.7. The third-order valence-corrected chi connectivity index (χ3v) is 2.20. The van der Waals surface area contributed by atoms with Crippen LogP contribution in [0.25, 0.3) is 6.08 Å². The second kappa shape index (κ2) is 6.71. The van der Waals surface area contributed by atoms with Crippen molar-refractivity contribution in [3.05, 3.63) is 59.7 Å². The maximum atomic E-state index is 8.69. The summed E-state index contributed by atoms with van der Waals surface area (Å²) in [6.07, 6.45) is 7.88. The molecule has 17 heavy (non-hydrogen) atoms. The van der Waals surface area contributed by atoms with E-state index in [2.05, 4.69) is 6.58 Å². The molecule has 2 heteroatoms. The van der Waals surface area contributed by atoms with Gasteiger partial charge < -0.3 is 9.84 Å². The maximum absolute atomic E-state index is 8.69. The Morgan fingerprint density at radius 1 is 1.41 bits per heavy atom. The van der Waals surface area contributed by atoms with Gasteiger partial charge in [-0.1, -0.05) is 42.5 Å². The van der Waals surface area contributed by atoms with Gasteiger partial charge >= 0.3 is 0 Å². The van der Waals surface area contributed by atoms with E-state index in [9.17, 15) is 0 Å². The molecule has 0 aliphatic heterocycles. The van der Waals surface area contributed by atoms with Gasteiger partial charge in [-0.3, -0.25) is 0 Å². The van der Waals surface area contributed by atoms with Gasteiger partial charge in [-0.2, -0.15) is 0 Å². The predicted octanol–water partition coefficient (Wildman–Crippen LogP) is 3.47. The van der Waals surface area contributed by atoms with Gasteiger partial charge in [0.15, 0.2) is 6.79 Å². The number of hydrogen-bond donors (Lipinski definition) is 1. The van der Waals surface area contributed by atoms with Crippen molar-refractivity contribution in [3.63, 3.8) is 0 Å². The molecule has 1 N–H and O–H groups in total. The Bertz CT molecular complexity index is 442. The molecule has 1 aromatic carbocycles. The summed E-state index contributed by atoms with van der Waals surface area (Å²) in [7, 11) is 0. The zero-order valence-electron chi connectivity index (χ0n) is 10.3. The molecule has 2 nitrogen and oxygen atoms in total. The monoisotopic (exact) mass is 230 g/mol. The third kappa shape index (κ3) is 4.70. The molecular formula is C15H18O2. The van der Waals surface area contributed by atoms with E-state index in [0.29, 0.717) is 5.75 Å². The molecule has 0 aliphatic rings. The van der Waals surface area contributed by atoms with Crippen LogP contribution in [-0.2, 0) is 0 Å². The van der Waals surface area contributed by atoms with E-state index in [0.717, 1.165) is 16.7 Å². The summed E-state index contributed by atoms with van der Waals surface area (Å²) >= 11 is 0. The first-order valence-corrected chi connectivity index (χ1v) is 5.48. The van der Waals surface area contributed by atoms with Crippen LogP contribution in [0.15, 0.2) is 48.6 Å². The molecule has 1 aromatic rings. The summed E-state index contributed by atoms with van der Waals surface area (Å²) < 4.78 is 5.05. The Morgan fingerprint density at radius 3 is 2.76 bits per heavy atom. The minimum atomic E-state index is -0.294. The van der Waals surface area contributed by atoms with Crippen LogP contribution in [-0.4, -0.2) is 11.9 Å². The summed E-state index contributed by atoms with van der Waals surface area (Å²) in [5, 5.41) is 8.69. The Balaban J connectivity index is 2.73. The maximum Gasteiger partial charge on any atom is 0.186 e. The highest BCUT2D eigenvalue weighted by molar-refractivity contribution is 5.54. The van der Waals surface area contributed by atoms with Gasteiger partial charge in [0.05, 0.1) is 0 Å². The fraction of sp³-hybridized carbons (Fsp3) is 0.200. The molecule has 0 atom stereocenters. The number of allylic oxidation sites excluding steroid dienone is 4. The first kappa shape index (κ1) is 13.3. The Morgan fingerprint density at radius 2 is 2.18 bits per heavy atom. The second-order valence-corrected chi connectivity index (χ2v) is 3.86. The lowest BCUT2D eigenvalue weighted by atomic mass is 10.1. The van der Waals surface area contributed by atoms with Crippen molar-refractivity contribution in [3.8, 4) is 5.75 Å². The van der Waals surface area contributed by atoms with Crippen molar-refractivity contribution >= 4 is 6.08 Å². The van der Waals surface area contributed by atoms with Gasteiger partial charge in [0.2, 0.25) is 0 Å². The van der Waals surface area contributed by atoms with Crippen molar-refractivity contribution in [1.82, 2.24) is 0 Å². The van der Waals surface area contributed by atoms with Gasteiger partial charge in [-0.25, -0.2) is 0 Å². The molecule has 90 valence electrons. The van der Waals surface area contributed by atoms with E-state index in [1.807, 2.05) is 56.4 Å². The van der Waals surface area contributed by atoms with E-state index >= 15 is 0 Å². The average molecular weight is 230 g/mol. The second-order valence-electron chi connectivity index (χ2n) is 3.86. The number of aliphatic hydroxyl groups is 1. The van der Waals surface area contributed by atoms with Crippen LogP contribution in [0.3, 0.4) is 0 Å². The highest BCUT2D eigenvalue weighted by Gasteiger charge is 1.98. The first-order valence-electron chi connectivity index (χ1n) is 5.48.